The molecule has 28 heavy (non-hydrogen) atoms. The van der Waals surface area contributed by atoms with Crippen LogP contribution in [0.5, 0.6) is 0 Å². The summed E-state index contributed by atoms with van der Waals surface area (Å²) in [6.07, 6.45) is 0. The zero-order valence-electron chi connectivity index (χ0n) is 16.4. The molecule has 0 aliphatic carbocycles. The molecule has 1 heterocycles. The number of carbonyl (C=O) groups is 1. The van der Waals surface area contributed by atoms with E-state index in [4.69, 9.17) is 17.0 Å². The Morgan fingerprint density at radius 1 is 1.07 bits per heavy atom. The van der Waals surface area contributed by atoms with Crippen LogP contribution in [0.2, 0.25) is 0 Å². The Morgan fingerprint density at radius 3 is 2.32 bits per heavy atom. The Labute approximate surface area is 172 Å². The normalized spacial score (nSPS) is 14.7. The molecule has 2 N–H and O–H groups in total. The van der Waals surface area contributed by atoms with E-state index in [-0.39, 0.29) is 5.91 Å². The third-order valence-corrected chi connectivity index (χ3v) is 4.99. The van der Waals surface area contributed by atoms with Crippen LogP contribution in [-0.2, 0) is 11.3 Å². The highest BCUT2D eigenvalue weighted by Crippen LogP contribution is 2.15. The first-order chi connectivity index (χ1) is 13.5. The molecule has 1 fully saturated rings. The van der Waals surface area contributed by atoms with Crippen molar-refractivity contribution in [3.63, 3.8) is 0 Å². The van der Waals surface area contributed by atoms with E-state index in [1.54, 1.807) is 0 Å². The van der Waals surface area contributed by atoms with Crippen LogP contribution in [0.15, 0.2) is 48.5 Å². The van der Waals surface area contributed by atoms with Gasteiger partial charge in [0.05, 0.1) is 13.2 Å². The van der Waals surface area contributed by atoms with Gasteiger partial charge in [-0.05, 0) is 53.5 Å². The molecule has 1 amide bonds. The predicted octanol–water partition coefficient (Wildman–Crippen LogP) is 3.77. The maximum absolute atomic E-state index is 12.3. The lowest BCUT2D eigenvalue weighted by Crippen LogP contribution is -2.35. The highest BCUT2D eigenvalue weighted by molar-refractivity contribution is 7.80. The molecule has 3 rings (SSSR count). The van der Waals surface area contributed by atoms with Crippen LogP contribution in [0.25, 0.3) is 0 Å². The molecule has 1 saturated heterocycles. The Bertz CT molecular complexity index is 798. The van der Waals surface area contributed by atoms with Gasteiger partial charge in [-0.15, -0.1) is 0 Å². The summed E-state index contributed by atoms with van der Waals surface area (Å²) in [7, 11) is 0. The van der Waals surface area contributed by atoms with Crippen LogP contribution >= 0.6 is 12.2 Å². The summed E-state index contributed by atoms with van der Waals surface area (Å²) in [6.45, 7) is 8.70. The number of carbonyl (C=O) groups excluding carboxylic acids is 1. The number of hydrogen-bond acceptors (Lipinski definition) is 4. The lowest BCUT2D eigenvalue weighted by atomic mass is 10.0. The maximum Gasteiger partial charge on any atom is 0.257 e. The summed E-state index contributed by atoms with van der Waals surface area (Å²) >= 11 is 5.28. The highest BCUT2D eigenvalue weighted by atomic mass is 32.1. The zero-order valence-corrected chi connectivity index (χ0v) is 17.2. The number of ether oxygens (including phenoxy) is 1. The molecule has 0 spiro atoms. The minimum atomic E-state index is -0.211. The molecular weight excluding hydrogens is 370 g/mol. The van der Waals surface area contributed by atoms with E-state index >= 15 is 0 Å². The Kier molecular flexibility index (Phi) is 7.14. The summed E-state index contributed by atoms with van der Waals surface area (Å²) in [5, 5.41) is 6.09. The van der Waals surface area contributed by atoms with E-state index in [2.05, 4.69) is 41.5 Å². The van der Waals surface area contributed by atoms with Gasteiger partial charge in [0.1, 0.15) is 0 Å². The van der Waals surface area contributed by atoms with E-state index in [0.717, 1.165) is 38.5 Å². The quantitative estimate of drug-likeness (QED) is 0.753. The minimum absolute atomic E-state index is 0.211. The van der Waals surface area contributed by atoms with Crippen LogP contribution in [0.4, 0.5) is 5.69 Å². The first kappa shape index (κ1) is 20.5. The van der Waals surface area contributed by atoms with Gasteiger partial charge in [0.2, 0.25) is 0 Å². The average Bonchev–Trinajstić information content (AvgIpc) is 2.70. The molecule has 0 atom stereocenters. The second kappa shape index (κ2) is 9.78. The maximum atomic E-state index is 12.3. The smallest absolute Gasteiger partial charge is 0.257 e. The largest absolute Gasteiger partial charge is 0.379 e. The molecule has 148 valence electrons. The SMILES string of the molecule is CC(C)c1ccc(C(=O)NC(=S)Nc2ccc(CN3CCOCC3)cc2)cc1. The fourth-order valence-corrected chi connectivity index (χ4v) is 3.28. The third kappa shape index (κ3) is 5.86. The summed E-state index contributed by atoms with van der Waals surface area (Å²) in [4.78, 5) is 14.7. The number of benzene rings is 2. The third-order valence-electron chi connectivity index (χ3n) is 4.79. The van der Waals surface area contributed by atoms with Crippen molar-refractivity contribution in [2.45, 2.75) is 26.3 Å². The molecule has 0 radical (unpaired) electrons. The molecule has 0 aromatic heterocycles. The summed E-state index contributed by atoms with van der Waals surface area (Å²) in [5.74, 6) is 0.225. The summed E-state index contributed by atoms with van der Waals surface area (Å²) in [5.41, 5.74) is 3.89. The zero-order chi connectivity index (χ0) is 19.9. The number of hydrogen-bond donors (Lipinski definition) is 2. The summed E-state index contributed by atoms with van der Waals surface area (Å²) < 4.78 is 5.38. The monoisotopic (exact) mass is 397 g/mol. The number of amides is 1. The van der Waals surface area contributed by atoms with Crippen LogP contribution in [0, 0.1) is 0 Å². The number of rotatable bonds is 5. The predicted molar refractivity (Wildman–Crippen MR) is 117 cm³/mol. The van der Waals surface area contributed by atoms with Crippen LogP contribution in [0.3, 0.4) is 0 Å². The number of nitrogens with one attached hydrogen (secondary N) is 2. The van der Waals surface area contributed by atoms with Gasteiger partial charge in [-0.1, -0.05) is 38.1 Å². The molecule has 2 aromatic carbocycles. The van der Waals surface area contributed by atoms with Crippen molar-refractivity contribution in [3.8, 4) is 0 Å². The Morgan fingerprint density at radius 2 is 1.71 bits per heavy atom. The van der Waals surface area contributed by atoms with Crippen LogP contribution < -0.4 is 10.6 Å². The fraction of sp³-hybridized carbons (Fsp3) is 0.364. The first-order valence-corrected chi connectivity index (χ1v) is 10.0. The van der Waals surface area contributed by atoms with Crippen molar-refractivity contribution >= 4 is 28.9 Å². The van der Waals surface area contributed by atoms with Gasteiger partial charge < -0.3 is 10.1 Å². The topological polar surface area (TPSA) is 53.6 Å². The van der Waals surface area contributed by atoms with Gasteiger partial charge in [0.25, 0.3) is 5.91 Å². The summed E-state index contributed by atoms with van der Waals surface area (Å²) in [6, 6.07) is 15.7. The van der Waals surface area contributed by atoms with E-state index in [1.807, 2.05) is 36.4 Å². The molecular formula is C22H27N3O2S. The molecule has 6 heteroatoms. The van der Waals surface area contributed by atoms with Crippen LogP contribution in [0.1, 0.15) is 41.3 Å². The number of anilines is 1. The molecule has 0 saturated carbocycles. The fourth-order valence-electron chi connectivity index (χ4n) is 3.07. The standard InChI is InChI=1S/C22H27N3O2S/c1-16(2)18-5-7-19(8-6-18)21(26)24-22(28)23-20-9-3-17(4-10-20)15-25-11-13-27-14-12-25/h3-10,16H,11-15H2,1-2H3,(H2,23,24,26,28). The van der Waals surface area contributed by atoms with Gasteiger partial charge in [0.15, 0.2) is 5.11 Å². The second-order valence-corrected chi connectivity index (χ2v) is 7.68. The van der Waals surface area contributed by atoms with Crippen molar-refractivity contribution in [1.82, 2.24) is 10.2 Å². The number of thiocarbonyl (C=S) groups is 1. The lowest BCUT2D eigenvalue weighted by molar-refractivity contribution is 0.0342. The van der Waals surface area contributed by atoms with E-state index in [1.165, 1.54) is 11.1 Å². The number of nitrogens with zero attached hydrogens (tertiary/aromatic N) is 1. The Balaban J connectivity index is 1.50. The van der Waals surface area contributed by atoms with Crippen molar-refractivity contribution in [3.05, 3.63) is 65.2 Å². The Hall–Kier alpha value is -2.28. The molecule has 1 aliphatic heterocycles. The van der Waals surface area contributed by atoms with Crippen LogP contribution in [-0.4, -0.2) is 42.2 Å². The van der Waals surface area contributed by atoms with Crippen molar-refractivity contribution in [1.29, 1.82) is 0 Å². The number of morpholine rings is 1. The van der Waals surface area contributed by atoms with Gasteiger partial charge in [-0.2, -0.15) is 0 Å². The molecule has 0 unspecified atom stereocenters. The first-order valence-electron chi connectivity index (χ1n) is 9.62. The van der Waals surface area contributed by atoms with E-state index < -0.39 is 0 Å². The van der Waals surface area contributed by atoms with Crippen molar-refractivity contribution < 1.29 is 9.53 Å². The molecule has 0 bridgehead atoms. The van der Waals surface area contributed by atoms with Crippen molar-refractivity contribution in [2.75, 3.05) is 31.6 Å². The highest BCUT2D eigenvalue weighted by Gasteiger charge is 2.11. The van der Waals surface area contributed by atoms with Gasteiger partial charge in [0, 0.05) is 30.9 Å². The van der Waals surface area contributed by atoms with E-state index in [0.29, 0.717) is 16.6 Å². The average molecular weight is 398 g/mol. The van der Waals surface area contributed by atoms with Gasteiger partial charge >= 0.3 is 0 Å². The minimum Gasteiger partial charge on any atom is -0.379 e. The van der Waals surface area contributed by atoms with Gasteiger partial charge in [-0.25, -0.2) is 0 Å². The second-order valence-electron chi connectivity index (χ2n) is 7.27. The molecule has 5 nitrogen and oxygen atoms in total. The van der Waals surface area contributed by atoms with Gasteiger partial charge in [-0.3, -0.25) is 15.0 Å². The van der Waals surface area contributed by atoms with Crippen molar-refractivity contribution in [2.24, 2.45) is 0 Å². The lowest BCUT2D eigenvalue weighted by Gasteiger charge is -2.26. The van der Waals surface area contributed by atoms with E-state index in [9.17, 15) is 4.79 Å². The molecule has 2 aromatic rings. The molecule has 1 aliphatic rings.